The maximum Gasteiger partial charge on any atom is 0.120 e. The smallest absolute Gasteiger partial charge is 0.120 e. The lowest BCUT2D eigenvalue weighted by atomic mass is 10.2. The van der Waals surface area contributed by atoms with E-state index < -0.39 is 0 Å². The van der Waals surface area contributed by atoms with Gasteiger partial charge in [0.2, 0.25) is 0 Å². The van der Waals surface area contributed by atoms with Crippen molar-refractivity contribution in [2.75, 3.05) is 0 Å². The second-order valence-corrected chi connectivity index (χ2v) is 2.51. The first-order chi connectivity index (χ1) is 4.74. The molecule has 0 saturated heterocycles. The maximum atomic E-state index is 9.08. The molecular formula is C7H8NOS. The number of hydrogen-bond acceptors (Lipinski definition) is 2. The Balaban J connectivity index is 3.09. The van der Waals surface area contributed by atoms with Crippen LogP contribution in [0.3, 0.4) is 0 Å². The molecular weight excluding hydrogens is 146 g/mol. The van der Waals surface area contributed by atoms with E-state index in [4.69, 9.17) is 10.8 Å². The molecule has 0 bridgehead atoms. The van der Waals surface area contributed by atoms with Gasteiger partial charge in [0.25, 0.3) is 0 Å². The van der Waals surface area contributed by atoms with Crippen molar-refractivity contribution >= 4 is 12.6 Å². The number of hydrogen-bond donors (Lipinski definition) is 2. The van der Waals surface area contributed by atoms with Gasteiger partial charge >= 0.3 is 0 Å². The fourth-order valence-electron chi connectivity index (χ4n) is 0.714. The summed E-state index contributed by atoms with van der Waals surface area (Å²) in [6.07, 6.45) is 0. The third-order valence-corrected chi connectivity index (χ3v) is 1.53. The zero-order chi connectivity index (χ0) is 7.56. The number of nitrogens with one attached hydrogen (secondary N) is 1. The normalized spacial score (nSPS) is 9.80. The summed E-state index contributed by atoms with van der Waals surface area (Å²) in [7, 11) is 0. The van der Waals surface area contributed by atoms with E-state index in [0.29, 0.717) is 5.56 Å². The van der Waals surface area contributed by atoms with Crippen LogP contribution in [0.2, 0.25) is 0 Å². The van der Waals surface area contributed by atoms with Crippen LogP contribution in [-0.4, -0.2) is 5.11 Å². The molecule has 0 heterocycles. The summed E-state index contributed by atoms with van der Waals surface area (Å²) in [5, 5.41) is 9.08. The quantitative estimate of drug-likeness (QED) is 0.591. The molecule has 3 heteroatoms. The van der Waals surface area contributed by atoms with Crippen LogP contribution in [0.1, 0.15) is 5.56 Å². The van der Waals surface area contributed by atoms with Crippen LogP contribution in [0.25, 0.3) is 0 Å². The molecule has 1 aromatic carbocycles. The second kappa shape index (κ2) is 2.94. The Kier molecular flexibility index (Phi) is 2.19. The molecule has 0 unspecified atom stereocenters. The van der Waals surface area contributed by atoms with E-state index in [-0.39, 0.29) is 12.3 Å². The van der Waals surface area contributed by atoms with E-state index in [0.717, 1.165) is 4.90 Å². The van der Waals surface area contributed by atoms with Gasteiger partial charge in [-0.25, -0.2) is 0 Å². The molecule has 1 rings (SSSR count). The van der Waals surface area contributed by atoms with Crippen LogP contribution in [0.15, 0.2) is 23.1 Å². The van der Waals surface area contributed by atoms with Crippen LogP contribution in [0.5, 0.6) is 5.75 Å². The lowest BCUT2D eigenvalue weighted by Gasteiger charge is -1.99. The predicted molar refractivity (Wildman–Crippen MR) is 42.2 cm³/mol. The SMILES string of the molecule is [NH]Cc1cc(S)ccc1O. The molecule has 2 N–H and O–H groups in total. The summed E-state index contributed by atoms with van der Waals surface area (Å²) < 4.78 is 0. The minimum Gasteiger partial charge on any atom is -0.508 e. The fraction of sp³-hybridized carbons (Fsp3) is 0.143. The summed E-state index contributed by atoms with van der Waals surface area (Å²) in [6, 6.07) is 4.93. The Morgan fingerprint density at radius 1 is 1.50 bits per heavy atom. The highest BCUT2D eigenvalue weighted by Gasteiger charge is 1.97. The van der Waals surface area contributed by atoms with Gasteiger partial charge in [0, 0.05) is 17.0 Å². The van der Waals surface area contributed by atoms with Crippen LogP contribution >= 0.6 is 12.6 Å². The first-order valence-electron chi connectivity index (χ1n) is 2.89. The molecule has 0 aliphatic rings. The van der Waals surface area contributed by atoms with Gasteiger partial charge in [0.15, 0.2) is 0 Å². The van der Waals surface area contributed by atoms with Gasteiger partial charge in [-0.3, -0.25) is 5.73 Å². The standard InChI is InChI=1S/C7H8NOS/c8-4-5-3-6(10)1-2-7(5)9/h1-3,8-10H,4H2. The fourth-order valence-corrected chi connectivity index (χ4v) is 0.944. The van der Waals surface area contributed by atoms with Crippen molar-refractivity contribution in [1.29, 1.82) is 0 Å². The molecule has 10 heavy (non-hydrogen) atoms. The van der Waals surface area contributed by atoms with Gasteiger partial charge in [0.1, 0.15) is 5.75 Å². The summed E-state index contributed by atoms with van der Waals surface area (Å²) in [6.45, 7) is 0.0975. The molecule has 1 aromatic rings. The van der Waals surface area contributed by atoms with Crippen molar-refractivity contribution in [2.24, 2.45) is 0 Å². The number of phenolic OH excluding ortho intramolecular Hbond substituents is 1. The molecule has 0 amide bonds. The van der Waals surface area contributed by atoms with Gasteiger partial charge in [0.05, 0.1) is 0 Å². The lowest BCUT2D eigenvalue weighted by molar-refractivity contribution is 0.467. The largest absolute Gasteiger partial charge is 0.508 e. The number of thiol groups is 1. The molecule has 0 atom stereocenters. The topological polar surface area (TPSA) is 44.0 Å². The highest BCUT2D eigenvalue weighted by Crippen LogP contribution is 2.19. The number of rotatable bonds is 1. The minimum absolute atomic E-state index is 0.0975. The third-order valence-electron chi connectivity index (χ3n) is 1.25. The monoisotopic (exact) mass is 154 g/mol. The van der Waals surface area contributed by atoms with Crippen LogP contribution in [0, 0.1) is 0 Å². The highest BCUT2D eigenvalue weighted by molar-refractivity contribution is 7.80. The van der Waals surface area contributed by atoms with E-state index >= 15 is 0 Å². The van der Waals surface area contributed by atoms with Gasteiger partial charge in [-0.15, -0.1) is 12.6 Å². The number of aromatic hydroxyl groups is 1. The van der Waals surface area contributed by atoms with E-state index in [9.17, 15) is 0 Å². The highest BCUT2D eigenvalue weighted by atomic mass is 32.1. The third kappa shape index (κ3) is 1.43. The second-order valence-electron chi connectivity index (χ2n) is 1.99. The Morgan fingerprint density at radius 2 is 2.20 bits per heavy atom. The summed E-state index contributed by atoms with van der Waals surface area (Å²) in [4.78, 5) is 0.778. The summed E-state index contributed by atoms with van der Waals surface area (Å²) in [5.41, 5.74) is 7.61. The molecule has 2 nitrogen and oxygen atoms in total. The molecule has 0 spiro atoms. The van der Waals surface area contributed by atoms with E-state index in [1.807, 2.05) is 0 Å². The zero-order valence-electron chi connectivity index (χ0n) is 5.33. The molecule has 0 aromatic heterocycles. The van der Waals surface area contributed by atoms with Gasteiger partial charge < -0.3 is 5.11 Å². The molecule has 0 aliphatic carbocycles. The predicted octanol–water partition coefficient (Wildman–Crippen LogP) is 1.46. The van der Waals surface area contributed by atoms with Gasteiger partial charge in [-0.2, -0.15) is 0 Å². The average Bonchev–Trinajstić information content (AvgIpc) is 1.94. The first kappa shape index (κ1) is 7.44. The maximum absolute atomic E-state index is 9.08. The Morgan fingerprint density at radius 3 is 2.70 bits per heavy atom. The van der Waals surface area contributed by atoms with E-state index in [1.54, 1.807) is 18.2 Å². The summed E-state index contributed by atoms with van der Waals surface area (Å²) >= 11 is 4.06. The van der Waals surface area contributed by atoms with E-state index in [2.05, 4.69) is 12.6 Å². The lowest BCUT2D eigenvalue weighted by Crippen LogP contribution is -1.84. The van der Waals surface area contributed by atoms with Crippen molar-refractivity contribution < 1.29 is 5.11 Å². The van der Waals surface area contributed by atoms with Crippen LogP contribution < -0.4 is 5.73 Å². The molecule has 53 valence electrons. The summed E-state index contributed by atoms with van der Waals surface area (Å²) in [5.74, 6) is 0.174. The molecule has 1 radical (unpaired) electrons. The average molecular weight is 154 g/mol. The minimum atomic E-state index is 0.0975. The Hall–Kier alpha value is -0.670. The van der Waals surface area contributed by atoms with Crippen molar-refractivity contribution in [2.45, 2.75) is 11.4 Å². The first-order valence-corrected chi connectivity index (χ1v) is 3.34. The molecule has 0 saturated carbocycles. The number of phenols is 1. The van der Waals surface area contributed by atoms with Crippen molar-refractivity contribution in [3.8, 4) is 5.75 Å². The molecule has 0 aliphatic heterocycles. The van der Waals surface area contributed by atoms with Crippen molar-refractivity contribution in [1.82, 2.24) is 5.73 Å². The van der Waals surface area contributed by atoms with Crippen molar-refractivity contribution in [3.05, 3.63) is 23.8 Å². The Bertz CT molecular complexity index is 237. The Labute approximate surface area is 65.1 Å². The zero-order valence-corrected chi connectivity index (χ0v) is 6.23. The van der Waals surface area contributed by atoms with Crippen molar-refractivity contribution in [3.63, 3.8) is 0 Å². The van der Waals surface area contributed by atoms with E-state index in [1.165, 1.54) is 0 Å². The number of benzene rings is 1. The van der Waals surface area contributed by atoms with Crippen LogP contribution in [0.4, 0.5) is 0 Å². The van der Waals surface area contributed by atoms with Gasteiger partial charge in [-0.05, 0) is 18.2 Å². The van der Waals surface area contributed by atoms with Crippen LogP contribution in [-0.2, 0) is 6.54 Å². The molecule has 0 fully saturated rings. The van der Waals surface area contributed by atoms with Gasteiger partial charge in [-0.1, -0.05) is 0 Å².